The second kappa shape index (κ2) is 5.93. The Kier molecular flexibility index (Phi) is 3.58. The summed E-state index contributed by atoms with van der Waals surface area (Å²) in [4.78, 5) is 44.5. The Labute approximate surface area is 178 Å². The van der Waals surface area contributed by atoms with Crippen molar-refractivity contribution >= 4 is 40.7 Å². The minimum Gasteiger partial charge on any atom is -0.323 e. The van der Waals surface area contributed by atoms with Gasteiger partial charge in [0.1, 0.15) is 5.54 Å². The number of carbonyl (C=O) groups is 3. The number of nitrogens with zero attached hydrogens (tertiary/aromatic N) is 2. The summed E-state index contributed by atoms with van der Waals surface area (Å²) >= 11 is 6.40. The summed E-state index contributed by atoms with van der Waals surface area (Å²) in [6.07, 6.45) is 1.69. The minimum absolute atomic E-state index is 0.129. The molecule has 152 valence electrons. The lowest BCUT2D eigenvalue weighted by Gasteiger charge is -2.36. The maximum atomic E-state index is 13.8. The number of nitrogens with one attached hydrogen (secondary N) is 1. The summed E-state index contributed by atoms with van der Waals surface area (Å²) < 4.78 is 0. The summed E-state index contributed by atoms with van der Waals surface area (Å²) in [6.45, 7) is 2.57. The van der Waals surface area contributed by atoms with Crippen molar-refractivity contribution in [3.8, 4) is 0 Å². The minimum atomic E-state index is -1.18. The standard InChI is InChI=1S/C23H20ClN3O3/c1-12-6-2-3-9-15(12)27-20(28)17-16-10-5-11-26(16)23(18(17)21(27)29)13-7-4-8-14(24)19(13)25-22(23)30/h2-4,6-9,16-18H,5,10-11H2,1H3,(H,25,30)/t16-,17+,18-,23+/m0/s1. The van der Waals surface area contributed by atoms with Gasteiger partial charge in [-0.1, -0.05) is 41.9 Å². The van der Waals surface area contributed by atoms with Crippen molar-refractivity contribution in [2.24, 2.45) is 11.8 Å². The second-order valence-corrected chi connectivity index (χ2v) is 8.99. The van der Waals surface area contributed by atoms with Crippen molar-refractivity contribution in [3.05, 3.63) is 58.6 Å². The Bertz CT molecular complexity index is 1150. The maximum Gasteiger partial charge on any atom is 0.250 e. The van der Waals surface area contributed by atoms with E-state index in [1.165, 1.54) is 4.90 Å². The summed E-state index contributed by atoms with van der Waals surface area (Å²) in [5, 5.41) is 3.38. The van der Waals surface area contributed by atoms with Crippen LogP contribution in [-0.4, -0.2) is 35.2 Å². The van der Waals surface area contributed by atoms with Crippen molar-refractivity contribution in [2.75, 3.05) is 16.8 Å². The first kappa shape index (κ1) is 18.1. The van der Waals surface area contributed by atoms with Gasteiger partial charge in [0.15, 0.2) is 0 Å². The molecule has 1 spiro atoms. The molecule has 4 aliphatic heterocycles. The van der Waals surface area contributed by atoms with Crippen molar-refractivity contribution in [1.29, 1.82) is 0 Å². The molecule has 7 heteroatoms. The molecule has 3 saturated heterocycles. The van der Waals surface area contributed by atoms with Gasteiger partial charge in [0.2, 0.25) is 11.8 Å². The predicted molar refractivity (Wildman–Crippen MR) is 112 cm³/mol. The molecule has 3 fully saturated rings. The van der Waals surface area contributed by atoms with Crippen molar-refractivity contribution in [3.63, 3.8) is 0 Å². The van der Waals surface area contributed by atoms with Crippen LogP contribution in [0.4, 0.5) is 11.4 Å². The van der Waals surface area contributed by atoms with E-state index in [0.717, 1.165) is 18.4 Å². The Hall–Kier alpha value is -2.70. The van der Waals surface area contributed by atoms with Crippen LogP contribution in [0, 0.1) is 18.8 Å². The third-order valence-corrected chi connectivity index (χ3v) is 7.65. The lowest BCUT2D eigenvalue weighted by Crippen LogP contribution is -2.54. The van der Waals surface area contributed by atoms with Gasteiger partial charge in [-0.05, 0) is 44.0 Å². The van der Waals surface area contributed by atoms with E-state index in [1.807, 2.05) is 37.3 Å². The molecule has 0 radical (unpaired) electrons. The molecule has 2 aromatic carbocycles. The van der Waals surface area contributed by atoms with Crippen LogP contribution >= 0.6 is 11.6 Å². The van der Waals surface area contributed by atoms with E-state index in [0.29, 0.717) is 28.5 Å². The molecule has 0 saturated carbocycles. The fourth-order valence-corrected chi connectivity index (χ4v) is 6.47. The van der Waals surface area contributed by atoms with E-state index >= 15 is 0 Å². The highest BCUT2D eigenvalue weighted by atomic mass is 35.5. The Morgan fingerprint density at radius 2 is 1.87 bits per heavy atom. The Morgan fingerprint density at radius 1 is 1.07 bits per heavy atom. The lowest BCUT2D eigenvalue weighted by atomic mass is 9.75. The lowest BCUT2D eigenvalue weighted by molar-refractivity contribution is -0.135. The third-order valence-electron chi connectivity index (χ3n) is 7.33. The van der Waals surface area contributed by atoms with Crippen LogP contribution < -0.4 is 10.2 Å². The van der Waals surface area contributed by atoms with E-state index in [4.69, 9.17) is 11.6 Å². The zero-order valence-electron chi connectivity index (χ0n) is 16.4. The number of hydrogen-bond donors (Lipinski definition) is 1. The molecule has 0 bridgehead atoms. The van der Waals surface area contributed by atoms with Gasteiger partial charge in [0, 0.05) is 11.6 Å². The predicted octanol–water partition coefficient (Wildman–Crippen LogP) is 3.08. The van der Waals surface area contributed by atoms with Gasteiger partial charge in [-0.15, -0.1) is 0 Å². The molecule has 0 unspecified atom stereocenters. The highest BCUT2D eigenvalue weighted by Crippen LogP contribution is 2.61. The average Bonchev–Trinajstić information content (AvgIpc) is 3.42. The summed E-state index contributed by atoms with van der Waals surface area (Å²) in [5.74, 6) is -2.03. The first-order valence-electron chi connectivity index (χ1n) is 10.3. The van der Waals surface area contributed by atoms with Crippen LogP contribution in [0.3, 0.4) is 0 Å². The number of amides is 3. The zero-order chi connectivity index (χ0) is 20.8. The van der Waals surface area contributed by atoms with Gasteiger partial charge in [-0.3, -0.25) is 19.3 Å². The SMILES string of the molecule is Cc1ccccc1N1C(=O)[C@H]2[C@@H](C1=O)[C@]1(C(=O)Nc3c(Cl)cccc31)N1CCC[C@@H]21. The smallest absolute Gasteiger partial charge is 0.250 e. The zero-order valence-corrected chi connectivity index (χ0v) is 17.1. The summed E-state index contributed by atoms with van der Waals surface area (Å²) in [7, 11) is 0. The van der Waals surface area contributed by atoms with E-state index in [-0.39, 0.29) is 23.8 Å². The first-order valence-corrected chi connectivity index (χ1v) is 10.7. The fourth-order valence-electron chi connectivity index (χ4n) is 6.25. The Morgan fingerprint density at radius 3 is 2.67 bits per heavy atom. The number of carbonyl (C=O) groups excluding carboxylic acids is 3. The number of halogens is 1. The van der Waals surface area contributed by atoms with E-state index in [2.05, 4.69) is 10.2 Å². The van der Waals surface area contributed by atoms with Crippen LogP contribution in [0.1, 0.15) is 24.0 Å². The van der Waals surface area contributed by atoms with Gasteiger partial charge >= 0.3 is 0 Å². The summed E-state index contributed by atoms with van der Waals surface area (Å²) in [6, 6.07) is 12.7. The van der Waals surface area contributed by atoms with Crippen LogP contribution in [0.2, 0.25) is 5.02 Å². The van der Waals surface area contributed by atoms with Crippen molar-refractivity contribution in [1.82, 2.24) is 4.90 Å². The monoisotopic (exact) mass is 421 g/mol. The number of benzene rings is 2. The summed E-state index contributed by atoms with van der Waals surface area (Å²) in [5.41, 5.74) is 1.55. The number of para-hydroxylation sites is 2. The first-order chi connectivity index (χ1) is 14.5. The van der Waals surface area contributed by atoms with Crippen LogP contribution in [0.5, 0.6) is 0 Å². The quantitative estimate of drug-likeness (QED) is 0.718. The largest absolute Gasteiger partial charge is 0.323 e. The number of hydrogen-bond acceptors (Lipinski definition) is 4. The van der Waals surface area contributed by atoms with Crippen molar-refractivity contribution < 1.29 is 14.4 Å². The third kappa shape index (κ3) is 1.92. The average molecular weight is 422 g/mol. The molecule has 6 nitrogen and oxygen atoms in total. The number of fused-ring (bicyclic) bond motifs is 7. The molecule has 0 aliphatic carbocycles. The van der Waals surface area contributed by atoms with E-state index in [1.54, 1.807) is 12.1 Å². The molecule has 4 aliphatic rings. The maximum absolute atomic E-state index is 13.8. The molecule has 30 heavy (non-hydrogen) atoms. The molecule has 0 aromatic heterocycles. The number of rotatable bonds is 1. The normalized spacial score (nSPS) is 32.0. The second-order valence-electron chi connectivity index (χ2n) is 8.59. The highest BCUT2D eigenvalue weighted by Gasteiger charge is 2.74. The molecular formula is C23H20ClN3O3. The number of anilines is 2. The number of imide groups is 1. The molecular weight excluding hydrogens is 402 g/mol. The molecule has 1 N–H and O–H groups in total. The van der Waals surface area contributed by atoms with Gasteiger partial charge in [-0.2, -0.15) is 0 Å². The van der Waals surface area contributed by atoms with Crippen molar-refractivity contribution in [2.45, 2.75) is 31.3 Å². The molecule has 4 atom stereocenters. The van der Waals surface area contributed by atoms with Crippen LogP contribution in [-0.2, 0) is 19.9 Å². The highest BCUT2D eigenvalue weighted by molar-refractivity contribution is 6.35. The molecule has 2 aromatic rings. The topological polar surface area (TPSA) is 69.7 Å². The molecule has 6 rings (SSSR count). The van der Waals surface area contributed by atoms with E-state index in [9.17, 15) is 14.4 Å². The van der Waals surface area contributed by atoms with Crippen LogP contribution in [0.25, 0.3) is 0 Å². The van der Waals surface area contributed by atoms with Crippen LogP contribution in [0.15, 0.2) is 42.5 Å². The van der Waals surface area contributed by atoms with E-state index < -0.39 is 17.4 Å². The molecule has 3 amide bonds. The Balaban J connectivity index is 1.59. The van der Waals surface area contributed by atoms with Gasteiger partial charge < -0.3 is 5.32 Å². The van der Waals surface area contributed by atoms with Gasteiger partial charge in [0.05, 0.1) is 28.2 Å². The van der Waals surface area contributed by atoms with Gasteiger partial charge in [-0.25, -0.2) is 4.90 Å². The fraction of sp³-hybridized carbons (Fsp3) is 0.348. The molecule has 4 heterocycles. The van der Waals surface area contributed by atoms with Gasteiger partial charge in [0.25, 0.3) is 5.91 Å². The number of aryl methyl sites for hydroxylation is 1.